The Balaban J connectivity index is 2.52. The first-order valence-corrected chi connectivity index (χ1v) is 6.65. The summed E-state index contributed by atoms with van der Waals surface area (Å²) in [5.74, 6) is -1.02. The summed E-state index contributed by atoms with van der Waals surface area (Å²) in [6.07, 6.45) is 0.566. The molecule has 0 amide bonds. The van der Waals surface area contributed by atoms with Crippen LogP contribution < -0.4 is 5.73 Å². The van der Waals surface area contributed by atoms with Crippen molar-refractivity contribution in [3.05, 3.63) is 23.0 Å². The molecule has 0 bridgehead atoms. The number of halogens is 2. The molecule has 8 heteroatoms. The Morgan fingerprint density at radius 2 is 2.18 bits per heavy atom. The van der Waals surface area contributed by atoms with Gasteiger partial charge < -0.3 is 5.73 Å². The lowest BCUT2D eigenvalue weighted by Gasteiger charge is -2.15. The van der Waals surface area contributed by atoms with Gasteiger partial charge in [-0.25, -0.2) is 12.8 Å². The molecule has 0 saturated carbocycles. The summed E-state index contributed by atoms with van der Waals surface area (Å²) in [6.45, 7) is 0.477. The van der Waals surface area contributed by atoms with Crippen molar-refractivity contribution in [3.8, 4) is 0 Å². The fourth-order valence-electron chi connectivity index (χ4n) is 1.50. The highest BCUT2D eigenvalue weighted by atomic mass is 35.5. The van der Waals surface area contributed by atoms with Gasteiger partial charge in [-0.1, -0.05) is 16.1 Å². The van der Waals surface area contributed by atoms with E-state index in [-0.39, 0.29) is 23.9 Å². The highest BCUT2D eigenvalue weighted by Gasteiger charge is 2.32. The van der Waals surface area contributed by atoms with Crippen LogP contribution in [0.15, 0.2) is 17.0 Å². The van der Waals surface area contributed by atoms with Gasteiger partial charge in [0.1, 0.15) is 4.90 Å². The third kappa shape index (κ3) is 2.23. The molecule has 1 heterocycles. The van der Waals surface area contributed by atoms with Gasteiger partial charge in [0.15, 0.2) is 5.82 Å². The Bertz CT molecular complexity index is 543. The first-order valence-electron chi connectivity index (χ1n) is 4.83. The maximum absolute atomic E-state index is 13.7. The van der Waals surface area contributed by atoms with Crippen LogP contribution in [-0.4, -0.2) is 26.0 Å². The van der Waals surface area contributed by atoms with E-state index < -0.39 is 20.7 Å². The van der Waals surface area contributed by atoms with E-state index in [0.29, 0.717) is 6.42 Å². The van der Waals surface area contributed by atoms with E-state index in [2.05, 4.69) is 0 Å². The minimum atomic E-state index is -4.04. The van der Waals surface area contributed by atoms with E-state index in [1.165, 1.54) is 0 Å². The molecular weight excluding hydrogens is 271 g/mol. The number of benzene rings is 1. The predicted octanol–water partition coefficient (Wildman–Crippen LogP) is 1.39. The minimum absolute atomic E-state index is 0.0779. The molecule has 0 atom stereocenters. The first kappa shape index (κ1) is 12.6. The van der Waals surface area contributed by atoms with Gasteiger partial charge in [-0.3, -0.25) is 4.84 Å². The van der Waals surface area contributed by atoms with Gasteiger partial charge in [0.2, 0.25) is 0 Å². The van der Waals surface area contributed by atoms with Gasteiger partial charge in [0.05, 0.1) is 11.6 Å². The van der Waals surface area contributed by atoms with Gasteiger partial charge in [0.25, 0.3) is 10.0 Å². The molecule has 94 valence electrons. The predicted molar refractivity (Wildman–Crippen MR) is 60.3 cm³/mol. The smallest absolute Gasteiger partial charge is 0.268 e. The zero-order valence-corrected chi connectivity index (χ0v) is 10.3. The lowest BCUT2D eigenvalue weighted by molar-refractivity contribution is -0.0286. The SMILES string of the molecule is Nc1cc(Cl)c(F)c(S(=O)(=O)N2CCCO2)c1. The summed E-state index contributed by atoms with van der Waals surface area (Å²) in [5, 5.41) is -0.331. The zero-order chi connectivity index (χ0) is 12.6. The molecule has 17 heavy (non-hydrogen) atoms. The fraction of sp³-hybridized carbons (Fsp3) is 0.333. The van der Waals surface area contributed by atoms with E-state index in [9.17, 15) is 12.8 Å². The molecule has 1 aromatic rings. The number of nitrogens with two attached hydrogens (primary N) is 1. The van der Waals surface area contributed by atoms with E-state index in [4.69, 9.17) is 22.2 Å². The second-order valence-electron chi connectivity index (χ2n) is 3.53. The average Bonchev–Trinajstić information content (AvgIpc) is 2.76. The molecule has 0 unspecified atom stereocenters. The van der Waals surface area contributed by atoms with Crippen molar-refractivity contribution in [2.75, 3.05) is 18.9 Å². The Morgan fingerprint density at radius 1 is 1.47 bits per heavy atom. The van der Waals surface area contributed by atoms with Crippen LogP contribution in [0.25, 0.3) is 0 Å². The van der Waals surface area contributed by atoms with Crippen molar-refractivity contribution in [1.82, 2.24) is 4.47 Å². The summed E-state index contributed by atoms with van der Waals surface area (Å²) < 4.78 is 38.4. The average molecular weight is 281 g/mol. The van der Waals surface area contributed by atoms with Crippen molar-refractivity contribution < 1.29 is 17.6 Å². The number of nitrogens with zero attached hydrogens (tertiary/aromatic N) is 1. The van der Waals surface area contributed by atoms with Gasteiger partial charge >= 0.3 is 0 Å². The van der Waals surface area contributed by atoms with Crippen LogP contribution in [0.5, 0.6) is 0 Å². The van der Waals surface area contributed by atoms with E-state index >= 15 is 0 Å². The Kier molecular flexibility index (Phi) is 3.26. The second kappa shape index (κ2) is 4.41. The van der Waals surface area contributed by atoms with Crippen LogP contribution >= 0.6 is 11.6 Å². The number of nitrogen functional groups attached to an aromatic ring is 1. The summed E-state index contributed by atoms with van der Waals surface area (Å²) >= 11 is 5.55. The molecule has 1 fully saturated rings. The van der Waals surface area contributed by atoms with Gasteiger partial charge in [-0.05, 0) is 18.6 Å². The maximum atomic E-state index is 13.7. The minimum Gasteiger partial charge on any atom is -0.399 e. The normalized spacial score (nSPS) is 17.5. The highest BCUT2D eigenvalue weighted by molar-refractivity contribution is 7.89. The van der Waals surface area contributed by atoms with Crippen LogP contribution in [0.3, 0.4) is 0 Å². The molecule has 0 spiro atoms. The summed E-state index contributed by atoms with van der Waals surface area (Å²) in [7, 11) is -4.04. The summed E-state index contributed by atoms with van der Waals surface area (Å²) in [6, 6.07) is 2.18. The molecule has 2 N–H and O–H groups in total. The van der Waals surface area contributed by atoms with E-state index in [0.717, 1.165) is 16.6 Å². The molecule has 1 aliphatic heterocycles. The van der Waals surface area contributed by atoms with Gasteiger partial charge in [-0.2, -0.15) is 0 Å². The summed E-state index contributed by atoms with van der Waals surface area (Å²) in [4.78, 5) is 4.34. The van der Waals surface area contributed by atoms with Crippen LogP contribution in [0.4, 0.5) is 10.1 Å². The highest BCUT2D eigenvalue weighted by Crippen LogP contribution is 2.29. The molecule has 2 rings (SSSR count). The summed E-state index contributed by atoms with van der Waals surface area (Å²) in [5.41, 5.74) is 5.53. The van der Waals surface area contributed by atoms with Crippen molar-refractivity contribution in [1.29, 1.82) is 0 Å². The lowest BCUT2D eigenvalue weighted by Crippen LogP contribution is -2.27. The Morgan fingerprint density at radius 3 is 2.76 bits per heavy atom. The van der Waals surface area contributed by atoms with Crippen LogP contribution in [0.1, 0.15) is 6.42 Å². The van der Waals surface area contributed by atoms with Crippen molar-refractivity contribution in [3.63, 3.8) is 0 Å². The largest absolute Gasteiger partial charge is 0.399 e. The van der Waals surface area contributed by atoms with Crippen LogP contribution in [0, 0.1) is 5.82 Å². The quantitative estimate of drug-likeness (QED) is 0.831. The monoisotopic (exact) mass is 280 g/mol. The molecule has 1 saturated heterocycles. The zero-order valence-electron chi connectivity index (χ0n) is 8.69. The van der Waals surface area contributed by atoms with Crippen LogP contribution in [-0.2, 0) is 14.9 Å². The topological polar surface area (TPSA) is 72.6 Å². The third-order valence-electron chi connectivity index (χ3n) is 2.28. The van der Waals surface area contributed by atoms with E-state index in [1.54, 1.807) is 0 Å². The number of sulfonamides is 1. The lowest BCUT2D eigenvalue weighted by atomic mass is 10.3. The molecule has 1 aromatic carbocycles. The maximum Gasteiger partial charge on any atom is 0.268 e. The molecule has 1 aliphatic rings. The third-order valence-corrected chi connectivity index (χ3v) is 4.24. The van der Waals surface area contributed by atoms with Crippen LogP contribution in [0.2, 0.25) is 5.02 Å². The first-order chi connectivity index (χ1) is 7.93. The fourth-order valence-corrected chi connectivity index (χ4v) is 3.20. The Labute approximate surface area is 103 Å². The molecule has 0 aliphatic carbocycles. The number of hydrogen-bond acceptors (Lipinski definition) is 4. The standard InChI is InChI=1S/C9H10ClFN2O3S/c10-7-4-6(12)5-8(9(7)11)17(14,15)13-2-1-3-16-13/h4-5H,1-3,12H2. The number of rotatable bonds is 2. The molecule has 0 aromatic heterocycles. The number of anilines is 1. The van der Waals surface area contributed by atoms with Gasteiger partial charge in [0, 0.05) is 12.2 Å². The number of hydrogen-bond donors (Lipinski definition) is 1. The Hall–Kier alpha value is -0.890. The van der Waals surface area contributed by atoms with Crippen molar-refractivity contribution in [2.24, 2.45) is 0 Å². The van der Waals surface area contributed by atoms with Crippen molar-refractivity contribution >= 4 is 27.3 Å². The molecule has 5 nitrogen and oxygen atoms in total. The molecule has 0 radical (unpaired) electrons. The second-order valence-corrected chi connectivity index (χ2v) is 5.74. The van der Waals surface area contributed by atoms with Gasteiger partial charge in [-0.15, -0.1) is 0 Å². The number of hydroxylamine groups is 1. The van der Waals surface area contributed by atoms with Crippen molar-refractivity contribution in [2.45, 2.75) is 11.3 Å². The van der Waals surface area contributed by atoms with E-state index in [1.807, 2.05) is 0 Å². The molecular formula is C9H10ClFN2O3S.